The molecule has 2 heterocycles. The molecule has 24 heavy (non-hydrogen) atoms. The number of carbonyl (C=O) groups excluding carboxylic acids is 1. The summed E-state index contributed by atoms with van der Waals surface area (Å²) in [6.07, 6.45) is -0.686. The molecule has 4 aliphatic rings. The summed E-state index contributed by atoms with van der Waals surface area (Å²) >= 11 is 0. The molecule has 1 aromatic carbocycles. The first-order chi connectivity index (χ1) is 11.4. The number of rotatable bonds is 1. The van der Waals surface area contributed by atoms with E-state index in [1.807, 2.05) is 19.2 Å². The maximum absolute atomic E-state index is 12.7. The molecule has 1 saturated heterocycles. The standard InChI is InChI=1S/C18H21NO5/c1-19-6-5-17-14-9-3-4-11(23-2)15(14)24-16(17)10(20)8-13(21)18(17,22)12(19)7-9/h3-4,12-13,16,21-22H,5-8H2,1-2H3/t12-,13-,16+,17+,18?/m1/s1. The van der Waals surface area contributed by atoms with Crippen molar-refractivity contribution >= 4 is 5.78 Å². The van der Waals surface area contributed by atoms with Crippen LogP contribution in [0.15, 0.2) is 12.1 Å². The van der Waals surface area contributed by atoms with Gasteiger partial charge >= 0.3 is 0 Å². The SMILES string of the molecule is COc1ccc2c3c1O[C@H]1C(=O)C[C@@H](O)C4(O)[C@@H](C2)N(C)CC[C@]314. The van der Waals surface area contributed by atoms with Gasteiger partial charge in [-0.15, -0.1) is 0 Å². The van der Waals surface area contributed by atoms with Crippen molar-refractivity contribution in [1.29, 1.82) is 0 Å². The van der Waals surface area contributed by atoms with Gasteiger partial charge in [-0.05, 0) is 38.1 Å². The Labute approximate surface area is 140 Å². The van der Waals surface area contributed by atoms with Crippen molar-refractivity contribution in [1.82, 2.24) is 4.90 Å². The third-order valence-electron chi connectivity index (χ3n) is 6.78. The molecule has 0 amide bonds. The largest absolute Gasteiger partial charge is 0.493 e. The number of carbonyl (C=O) groups is 1. The average molecular weight is 331 g/mol. The highest BCUT2D eigenvalue weighted by atomic mass is 16.5. The van der Waals surface area contributed by atoms with Crippen molar-refractivity contribution in [2.24, 2.45) is 0 Å². The van der Waals surface area contributed by atoms with Gasteiger partial charge in [-0.3, -0.25) is 4.79 Å². The van der Waals surface area contributed by atoms with E-state index < -0.39 is 23.2 Å². The van der Waals surface area contributed by atoms with E-state index in [4.69, 9.17) is 9.47 Å². The smallest absolute Gasteiger partial charge is 0.177 e. The van der Waals surface area contributed by atoms with Gasteiger partial charge in [-0.2, -0.15) is 0 Å². The Kier molecular flexibility index (Phi) is 2.64. The number of likely N-dealkylation sites (N-methyl/N-ethyl adjacent to an activating group) is 1. The molecule has 6 nitrogen and oxygen atoms in total. The van der Waals surface area contributed by atoms with Gasteiger partial charge in [0.05, 0.1) is 18.6 Å². The van der Waals surface area contributed by atoms with Crippen LogP contribution in [0.25, 0.3) is 0 Å². The zero-order valence-corrected chi connectivity index (χ0v) is 13.8. The van der Waals surface area contributed by atoms with E-state index in [1.54, 1.807) is 7.11 Å². The maximum Gasteiger partial charge on any atom is 0.177 e. The van der Waals surface area contributed by atoms with E-state index in [9.17, 15) is 15.0 Å². The van der Waals surface area contributed by atoms with Crippen molar-refractivity contribution in [3.8, 4) is 11.5 Å². The van der Waals surface area contributed by atoms with E-state index in [0.29, 0.717) is 24.3 Å². The van der Waals surface area contributed by atoms with Crippen LogP contribution in [0, 0.1) is 0 Å². The molecule has 128 valence electrons. The number of hydrogen-bond donors (Lipinski definition) is 2. The Morgan fingerprint density at radius 3 is 2.92 bits per heavy atom. The molecule has 1 spiro atoms. The lowest BCUT2D eigenvalue weighted by Gasteiger charge is -2.63. The van der Waals surface area contributed by atoms with E-state index in [2.05, 4.69) is 4.90 Å². The molecule has 1 aromatic rings. The summed E-state index contributed by atoms with van der Waals surface area (Å²) in [4.78, 5) is 14.8. The molecular weight excluding hydrogens is 310 g/mol. The monoisotopic (exact) mass is 331 g/mol. The molecule has 2 aliphatic heterocycles. The van der Waals surface area contributed by atoms with Crippen molar-refractivity contribution < 1.29 is 24.5 Å². The summed E-state index contributed by atoms with van der Waals surface area (Å²) in [7, 11) is 3.54. The predicted molar refractivity (Wildman–Crippen MR) is 84.4 cm³/mol. The second kappa shape index (κ2) is 4.31. The molecule has 2 aliphatic carbocycles. The number of Topliss-reactive ketones (excluding diaryl/α,β-unsaturated/α-hetero) is 1. The molecule has 5 atom stereocenters. The van der Waals surface area contributed by atoms with Crippen LogP contribution in [0.4, 0.5) is 0 Å². The quantitative estimate of drug-likeness (QED) is 0.755. The first kappa shape index (κ1) is 14.7. The number of nitrogens with zero attached hydrogens (tertiary/aromatic N) is 1. The minimum Gasteiger partial charge on any atom is -0.493 e. The van der Waals surface area contributed by atoms with E-state index in [-0.39, 0.29) is 18.2 Å². The number of likely N-dealkylation sites (tertiary alicyclic amines) is 1. The van der Waals surface area contributed by atoms with Crippen LogP contribution >= 0.6 is 0 Å². The normalized spacial score (nSPS) is 42.5. The van der Waals surface area contributed by atoms with Crippen molar-refractivity contribution in [2.75, 3.05) is 20.7 Å². The molecule has 0 aromatic heterocycles. The Balaban J connectivity index is 1.87. The van der Waals surface area contributed by atoms with Crippen LogP contribution in [-0.4, -0.2) is 65.4 Å². The molecule has 2 fully saturated rings. The second-order valence-corrected chi connectivity index (χ2v) is 7.56. The fraction of sp³-hybridized carbons (Fsp3) is 0.611. The Morgan fingerprint density at radius 1 is 1.38 bits per heavy atom. The van der Waals surface area contributed by atoms with Crippen molar-refractivity contribution in [2.45, 2.75) is 48.5 Å². The first-order valence-electron chi connectivity index (χ1n) is 8.45. The van der Waals surface area contributed by atoms with Gasteiger partial charge in [-0.25, -0.2) is 0 Å². The van der Waals surface area contributed by atoms with Gasteiger partial charge in [0, 0.05) is 18.0 Å². The zero-order chi connectivity index (χ0) is 16.9. The zero-order valence-electron chi connectivity index (χ0n) is 13.8. The van der Waals surface area contributed by atoms with Crippen LogP contribution in [0.3, 0.4) is 0 Å². The van der Waals surface area contributed by atoms with Gasteiger partial charge in [0.1, 0.15) is 5.60 Å². The first-order valence-corrected chi connectivity index (χ1v) is 8.45. The number of benzene rings is 1. The number of ether oxygens (including phenoxy) is 2. The summed E-state index contributed by atoms with van der Waals surface area (Å²) in [5, 5.41) is 22.5. The van der Waals surface area contributed by atoms with Crippen LogP contribution in [0.2, 0.25) is 0 Å². The molecule has 2 bridgehead atoms. The fourth-order valence-corrected chi connectivity index (χ4v) is 5.73. The summed E-state index contributed by atoms with van der Waals surface area (Å²) in [6, 6.07) is 3.64. The summed E-state index contributed by atoms with van der Waals surface area (Å²) < 4.78 is 11.5. The third kappa shape index (κ3) is 1.31. The second-order valence-electron chi connectivity index (χ2n) is 7.56. The minimum atomic E-state index is -1.39. The fourth-order valence-electron chi connectivity index (χ4n) is 5.73. The maximum atomic E-state index is 12.7. The van der Waals surface area contributed by atoms with Crippen LogP contribution < -0.4 is 9.47 Å². The highest BCUT2D eigenvalue weighted by Gasteiger charge is 2.75. The van der Waals surface area contributed by atoms with Crippen molar-refractivity contribution in [3.05, 3.63) is 23.3 Å². The number of aliphatic hydroxyl groups excluding tert-OH is 1. The van der Waals surface area contributed by atoms with Gasteiger partial charge < -0.3 is 24.6 Å². The molecule has 6 heteroatoms. The lowest BCUT2D eigenvalue weighted by Crippen LogP contribution is -2.80. The van der Waals surface area contributed by atoms with Crippen molar-refractivity contribution in [3.63, 3.8) is 0 Å². The van der Waals surface area contributed by atoms with E-state index >= 15 is 0 Å². The minimum absolute atomic E-state index is 0.0705. The van der Waals surface area contributed by atoms with Crippen LogP contribution in [0.1, 0.15) is 24.0 Å². The highest BCUT2D eigenvalue weighted by molar-refractivity contribution is 5.90. The van der Waals surface area contributed by atoms with Crippen LogP contribution in [-0.2, 0) is 16.6 Å². The Morgan fingerprint density at radius 2 is 2.17 bits per heavy atom. The number of aliphatic hydroxyl groups is 2. The molecule has 5 rings (SSSR count). The topological polar surface area (TPSA) is 79.2 Å². The number of ketones is 1. The summed E-state index contributed by atoms with van der Waals surface area (Å²) in [5.41, 5.74) is -0.304. The number of methoxy groups -OCH3 is 1. The molecule has 2 N–H and O–H groups in total. The van der Waals surface area contributed by atoms with Gasteiger partial charge in [0.15, 0.2) is 23.4 Å². The summed E-state index contributed by atoms with van der Waals surface area (Å²) in [6.45, 7) is 0.753. The lowest BCUT2D eigenvalue weighted by atomic mass is 9.48. The van der Waals surface area contributed by atoms with Gasteiger partial charge in [0.2, 0.25) is 0 Å². The molecule has 0 radical (unpaired) electrons. The molecule has 1 saturated carbocycles. The van der Waals surface area contributed by atoms with Gasteiger partial charge in [-0.1, -0.05) is 6.07 Å². The van der Waals surface area contributed by atoms with Gasteiger partial charge in [0.25, 0.3) is 0 Å². The highest BCUT2D eigenvalue weighted by Crippen LogP contribution is 2.64. The lowest BCUT2D eigenvalue weighted by molar-refractivity contribution is -0.226. The molecular formula is C18H21NO5. The Hall–Kier alpha value is -1.63. The Bertz CT molecular complexity index is 764. The van der Waals surface area contributed by atoms with E-state index in [1.165, 1.54) is 0 Å². The number of hydrogen-bond acceptors (Lipinski definition) is 6. The average Bonchev–Trinajstić information content (AvgIpc) is 2.91. The van der Waals surface area contributed by atoms with E-state index in [0.717, 1.165) is 17.7 Å². The summed E-state index contributed by atoms with van der Waals surface area (Å²) in [5.74, 6) is 1.02. The third-order valence-corrected chi connectivity index (χ3v) is 6.78. The predicted octanol–water partition coefficient (Wildman–Crippen LogP) is 0.0190. The molecule has 1 unspecified atom stereocenters. The van der Waals surface area contributed by atoms with Crippen LogP contribution in [0.5, 0.6) is 11.5 Å². The number of piperidine rings is 1.